The fraction of sp³-hybridized carbons (Fsp3) is 1.00. The first kappa shape index (κ1) is 19.7. The Morgan fingerprint density at radius 1 is 0.941 bits per heavy atom. The van der Waals surface area contributed by atoms with Crippen LogP contribution in [0.1, 0.15) is 27.7 Å². The monoisotopic (exact) mass is 285 g/mol. The third-order valence-corrected chi connectivity index (χ3v) is 4.88. The molecule has 106 valence electrons. The zero-order chi connectivity index (χ0) is 14.4. The van der Waals surface area contributed by atoms with Crippen LogP contribution in [0.5, 0.6) is 0 Å². The van der Waals surface area contributed by atoms with Crippen LogP contribution in [0.4, 0.5) is 0 Å². The second-order valence-electron chi connectivity index (χ2n) is 5.37. The molecule has 0 unspecified atom stereocenters. The summed E-state index contributed by atoms with van der Waals surface area (Å²) in [6, 6.07) is 0.380. The molecule has 0 aromatic carbocycles. The van der Waals surface area contributed by atoms with Crippen molar-refractivity contribution in [1.29, 1.82) is 0 Å². The predicted octanol–water partition coefficient (Wildman–Crippen LogP) is 3.81. The van der Waals surface area contributed by atoms with Gasteiger partial charge in [0.15, 0.2) is 7.37 Å². The first-order valence-corrected chi connectivity index (χ1v) is 10.9. The Bertz CT molecular complexity index is 291. The van der Waals surface area contributed by atoms with Crippen molar-refractivity contribution < 1.29 is 13.7 Å². The van der Waals surface area contributed by atoms with Gasteiger partial charge in [-0.25, -0.2) is 0 Å². The molecular weight excluding hydrogens is 256 g/mol. The van der Waals surface area contributed by atoms with Crippen molar-refractivity contribution in [3.63, 3.8) is 0 Å². The highest BCUT2D eigenvalue weighted by atomic mass is 31.2. The second-order valence-corrected chi connectivity index (χ2v) is 11.3. The number of rotatable bonds is 4. The topological polar surface area (TPSA) is 46.6 Å². The molecule has 0 aliphatic heterocycles. The Morgan fingerprint density at radius 3 is 1.29 bits per heavy atom. The lowest BCUT2D eigenvalue weighted by Gasteiger charge is -2.25. The lowest BCUT2D eigenvalue weighted by atomic mass is 10.4. The summed E-state index contributed by atoms with van der Waals surface area (Å²) in [5.41, 5.74) is 0. The van der Waals surface area contributed by atoms with E-state index < -0.39 is 14.7 Å². The van der Waals surface area contributed by atoms with Crippen LogP contribution in [0.25, 0.3) is 0 Å². The quantitative estimate of drug-likeness (QED) is 0.737. The van der Waals surface area contributed by atoms with Crippen LogP contribution in [0.3, 0.4) is 0 Å². The van der Waals surface area contributed by atoms with E-state index in [1.54, 1.807) is 26.7 Å². The van der Waals surface area contributed by atoms with E-state index in [0.29, 0.717) is 6.04 Å². The largest absolute Gasteiger partial charge is 0.326 e. The van der Waals surface area contributed by atoms with Gasteiger partial charge in [-0.2, -0.15) is 0 Å². The Morgan fingerprint density at radius 2 is 1.29 bits per heavy atom. The van der Waals surface area contributed by atoms with Gasteiger partial charge in [-0.15, -0.1) is 0 Å². The average Bonchev–Trinajstić information content (AvgIpc) is 1.96. The van der Waals surface area contributed by atoms with Gasteiger partial charge in [0.2, 0.25) is 0 Å². The summed E-state index contributed by atoms with van der Waals surface area (Å²) in [6.45, 7) is 14.6. The first-order valence-electron chi connectivity index (χ1n) is 5.79. The standard InChI is InChI=1S/C6H16NOP.C5H13O2P/c1-6(2)7(3)9(4,5)8;1-5(2)7-8(3,4)6/h6H,1-5H3;5H,1-4H3. The first-order chi connectivity index (χ1) is 7.27. The molecule has 0 N–H and O–H groups in total. The normalized spacial score (nSPS) is 12.9. The van der Waals surface area contributed by atoms with Crippen LogP contribution in [-0.2, 0) is 13.7 Å². The van der Waals surface area contributed by atoms with Gasteiger partial charge < -0.3 is 9.09 Å². The van der Waals surface area contributed by atoms with Gasteiger partial charge in [0.1, 0.15) is 7.29 Å². The fourth-order valence-corrected chi connectivity index (χ4v) is 3.19. The predicted molar refractivity (Wildman–Crippen MR) is 78.0 cm³/mol. The Labute approximate surface area is 107 Å². The number of hydrogen-bond acceptors (Lipinski definition) is 3. The van der Waals surface area contributed by atoms with Crippen LogP contribution >= 0.6 is 14.7 Å². The highest BCUT2D eigenvalue weighted by Gasteiger charge is 2.16. The van der Waals surface area contributed by atoms with E-state index in [1.165, 1.54) is 0 Å². The van der Waals surface area contributed by atoms with Crippen molar-refractivity contribution >= 4 is 14.7 Å². The second kappa shape index (κ2) is 7.74. The zero-order valence-electron chi connectivity index (χ0n) is 12.7. The molecule has 0 fully saturated rings. The summed E-state index contributed by atoms with van der Waals surface area (Å²) < 4.78 is 29.0. The molecule has 0 rings (SSSR count). The summed E-state index contributed by atoms with van der Waals surface area (Å²) in [7, 11) is -2.31. The molecule has 0 heterocycles. The minimum absolute atomic E-state index is 0.0795. The molecule has 0 radical (unpaired) electrons. The van der Waals surface area contributed by atoms with E-state index >= 15 is 0 Å². The minimum atomic E-state index is -2.22. The van der Waals surface area contributed by atoms with Crippen LogP contribution in [0.2, 0.25) is 0 Å². The van der Waals surface area contributed by atoms with E-state index in [-0.39, 0.29) is 6.10 Å². The molecule has 0 atom stereocenters. The van der Waals surface area contributed by atoms with Crippen molar-refractivity contribution in [2.75, 3.05) is 33.7 Å². The highest BCUT2D eigenvalue weighted by Crippen LogP contribution is 2.40. The lowest BCUT2D eigenvalue weighted by Crippen LogP contribution is -2.22. The van der Waals surface area contributed by atoms with Gasteiger partial charge in [-0.1, -0.05) is 0 Å². The van der Waals surface area contributed by atoms with Crippen molar-refractivity contribution in [2.45, 2.75) is 39.8 Å². The third-order valence-electron chi connectivity index (χ3n) is 1.97. The van der Waals surface area contributed by atoms with Crippen LogP contribution in [0, 0.1) is 0 Å². The molecule has 0 aliphatic rings. The maximum Gasteiger partial charge on any atom is 0.197 e. The Kier molecular flexibility index (Phi) is 8.97. The van der Waals surface area contributed by atoms with Gasteiger partial charge in [-0.3, -0.25) is 9.24 Å². The van der Waals surface area contributed by atoms with E-state index in [4.69, 9.17) is 4.52 Å². The van der Waals surface area contributed by atoms with Crippen molar-refractivity contribution in [2.24, 2.45) is 0 Å². The Hall–Kier alpha value is 0.380. The van der Waals surface area contributed by atoms with Crippen molar-refractivity contribution in [3.8, 4) is 0 Å². The van der Waals surface area contributed by atoms with Crippen molar-refractivity contribution in [3.05, 3.63) is 0 Å². The summed E-state index contributed by atoms with van der Waals surface area (Å²) in [4.78, 5) is 0. The molecule has 0 bridgehead atoms. The Balaban J connectivity index is 0. The molecule has 0 saturated carbocycles. The van der Waals surface area contributed by atoms with Gasteiger partial charge in [-0.05, 0) is 34.7 Å². The van der Waals surface area contributed by atoms with Gasteiger partial charge in [0, 0.05) is 32.7 Å². The SMILES string of the molecule is CC(C)N(C)P(C)(C)=O.CC(C)OP(C)(C)=O. The number of nitrogens with zero attached hydrogens (tertiary/aromatic N) is 1. The molecule has 0 aromatic rings. The highest BCUT2D eigenvalue weighted by molar-refractivity contribution is 7.59. The molecule has 0 aliphatic carbocycles. The van der Waals surface area contributed by atoms with Gasteiger partial charge in [0.05, 0.1) is 6.10 Å². The van der Waals surface area contributed by atoms with Gasteiger partial charge >= 0.3 is 0 Å². The lowest BCUT2D eigenvalue weighted by molar-refractivity contribution is 0.249. The molecule has 0 spiro atoms. The summed E-state index contributed by atoms with van der Waals surface area (Å²) in [5, 5.41) is 0. The van der Waals surface area contributed by atoms with Crippen LogP contribution < -0.4 is 0 Å². The van der Waals surface area contributed by atoms with E-state index in [0.717, 1.165) is 0 Å². The van der Waals surface area contributed by atoms with E-state index in [2.05, 4.69) is 0 Å². The van der Waals surface area contributed by atoms with Crippen molar-refractivity contribution in [1.82, 2.24) is 4.67 Å². The summed E-state index contributed by atoms with van der Waals surface area (Å²) >= 11 is 0. The molecule has 0 saturated heterocycles. The van der Waals surface area contributed by atoms with E-state index in [9.17, 15) is 9.13 Å². The maximum atomic E-state index is 11.3. The molecule has 6 heteroatoms. The summed E-state index contributed by atoms with van der Waals surface area (Å²) in [6.07, 6.45) is 0.0795. The molecule has 0 aromatic heterocycles. The molecule has 0 amide bonds. The van der Waals surface area contributed by atoms with Crippen LogP contribution in [0.15, 0.2) is 0 Å². The smallest absolute Gasteiger partial charge is 0.197 e. The molecule has 4 nitrogen and oxygen atoms in total. The molecular formula is C11H29NO3P2. The average molecular weight is 285 g/mol. The number of hydrogen-bond donors (Lipinski definition) is 0. The maximum absolute atomic E-state index is 11.3. The van der Waals surface area contributed by atoms with Crippen LogP contribution in [-0.4, -0.2) is 50.5 Å². The fourth-order valence-electron chi connectivity index (χ4n) is 1.06. The molecule has 17 heavy (non-hydrogen) atoms. The zero-order valence-corrected chi connectivity index (χ0v) is 14.5. The summed E-state index contributed by atoms with van der Waals surface area (Å²) in [5.74, 6) is 0. The third kappa shape index (κ3) is 14.3. The van der Waals surface area contributed by atoms with E-state index in [1.807, 2.05) is 39.4 Å². The van der Waals surface area contributed by atoms with Gasteiger partial charge in [0.25, 0.3) is 0 Å². The minimum Gasteiger partial charge on any atom is -0.326 e.